The fourth-order valence-corrected chi connectivity index (χ4v) is 4.71. The second-order valence-electron chi connectivity index (χ2n) is 8.72. The molecule has 34 heavy (non-hydrogen) atoms. The maximum Gasteiger partial charge on any atom is 0.295 e. The summed E-state index contributed by atoms with van der Waals surface area (Å²) in [6.07, 6.45) is 6.81. The van der Waals surface area contributed by atoms with Gasteiger partial charge in [-0.15, -0.1) is 0 Å². The van der Waals surface area contributed by atoms with Gasteiger partial charge in [-0.2, -0.15) is 0 Å². The van der Waals surface area contributed by atoms with E-state index in [1.807, 2.05) is 24.0 Å². The first kappa shape index (κ1) is 21.8. The van der Waals surface area contributed by atoms with E-state index < -0.39 is 23.5 Å². The summed E-state index contributed by atoms with van der Waals surface area (Å²) in [5.41, 5.74) is 1.82. The van der Waals surface area contributed by atoms with Gasteiger partial charge in [-0.05, 0) is 47.9 Å². The van der Waals surface area contributed by atoms with Gasteiger partial charge in [0.25, 0.3) is 5.91 Å². The predicted octanol–water partition coefficient (Wildman–Crippen LogP) is 1.65. The fraction of sp³-hybridized carbons (Fsp3) is 0.269. The third-order valence-electron chi connectivity index (χ3n) is 6.31. The van der Waals surface area contributed by atoms with Crippen LogP contribution in [0.5, 0.6) is 11.5 Å². The zero-order valence-electron chi connectivity index (χ0n) is 18.7. The number of hydrogen-bond acceptors (Lipinski definition) is 5. The lowest BCUT2D eigenvalue weighted by atomic mass is 9.94. The van der Waals surface area contributed by atoms with Crippen molar-refractivity contribution < 1.29 is 29.1 Å². The number of benzene rings is 2. The third-order valence-corrected chi connectivity index (χ3v) is 6.31. The van der Waals surface area contributed by atoms with Crippen LogP contribution in [0.1, 0.15) is 36.1 Å². The fourth-order valence-electron chi connectivity index (χ4n) is 4.71. The van der Waals surface area contributed by atoms with E-state index >= 15 is 0 Å². The number of phenolic OH excluding ortho intramolecular Hbond substituents is 1. The highest BCUT2D eigenvalue weighted by Gasteiger charge is 2.44. The summed E-state index contributed by atoms with van der Waals surface area (Å²) in [4.78, 5) is 30.6. The number of hydrogen-bond donors (Lipinski definition) is 2. The molecule has 8 heteroatoms. The Morgan fingerprint density at radius 3 is 2.76 bits per heavy atom. The van der Waals surface area contributed by atoms with Crippen LogP contribution in [0.3, 0.4) is 0 Å². The maximum absolute atomic E-state index is 13.6. The van der Waals surface area contributed by atoms with Crippen LogP contribution < -0.4 is 14.4 Å². The Labute approximate surface area is 196 Å². The number of nitrogens with one attached hydrogen (secondary N) is 1. The Morgan fingerprint density at radius 1 is 1.24 bits per heavy atom. The lowest BCUT2D eigenvalue weighted by molar-refractivity contribution is -0.695. The summed E-state index contributed by atoms with van der Waals surface area (Å²) in [5.74, 6) is -1.11. The standard InChI is InChI=1S/C26H25N3O5/c1-16-13-19-14-18(5-8-21(19)34-16)24(31)22-23(17-3-6-20(30)7-4-17)29(26(33)25(22)32)11-2-10-28-12-9-27-15-28/h3-9,12,14-16,23H,2,10-11,13H2,1H3,(H2,30,31,32). The number of aromatic nitrogens is 2. The molecule has 2 aliphatic heterocycles. The number of ether oxygens (including phenoxy) is 1. The summed E-state index contributed by atoms with van der Waals surface area (Å²) >= 11 is 0. The molecule has 5 rings (SSSR count). The van der Waals surface area contributed by atoms with Gasteiger partial charge in [0, 0.05) is 25.0 Å². The number of H-pyrrole nitrogens is 1. The molecule has 3 aromatic rings. The highest BCUT2D eigenvalue weighted by atomic mass is 16.5. The number of imidazole rings is 1. The number of ketones is 1. The number of carbonyl (C=O) groups excluding carboxylic acids is 2. The number of carbonyl (C=O) groups is 2. The van der Waals surface area contributed by atoms with E-state index in [1.165, 1.54) is 17.0 Å². The van der Waals surface area contributed by atoms with E-state index in [4.69, 9.17) is 4.74 Å². The number of aromatic amines is 1. The van der Waals surface area contributed by atoms with E-state index in [2.05, 4.69) is 4.98 Å². The first-order chi connectivity index (χ1) is 16.4. The van der Waals surface area contributed by atoms with Crippen molar-refractivity contribution in [1.82, 2.24) is 9.88 Å². The average Bonchev–Trinajstić information content (AvgIpc) is 3.53. The Hall–Kier alpha value is -4.07. The van der Waals surface area contributed by atoms with E-state index in [0.717, 1.165) is 11.3 Å². The van der Waals surface area contributed by atoms with Gasteiger partial charge >= 0.3 is 0 Å². The van der Waals surface area contributed by atoms with Crippen molar-refractivity contribution in [2.75, 3.05) is 6.54 Å². The lowest BCUT2D eigenvalue weighted by Gasteiger charge is -2.27. The molecule has 0 saturated carbocycles. The van der Waals surface area contributed by atoms with E-state index in [-0.39, 0.29) is 17.4 Å². The molecular weight excluding hydrogens is 434 g/mol. The van der Waals surface area contributed by atoms with Crippen LogP contribution in [0.2, 0.25) is 0 Å². The highest BCUT2D eigenvalue weighted by molar-refractivity contribution is 6.46. The molecule has 0 spiro atoms. The van der Waals surface area contributed by atoms with Crippen molar-refractivity contribution in [3.63, 3.8) is 0 Å². The Morgan fingerprint density at radius 2 is 2.03 bits per heavy atom. The van der Waals surface area contributed by atoms with Gasteiger partial charge < -0.3 is 19.8 Å². The van der Waals surface area contributed by atoms with Crippen LogP contribution in [0, 0.1) is 0 Å². The molecule has 1 saturated heterocycles. The molecule has 0 aliphatic carbocycles. The van der Waals surface area contributed by atoms with Crippen LogP contribution in [0.15, 0.2) is 66.8 Å². The van der Waals surface area contributed by atoms with E-state index in [0.29, 0.717) is 37.1 Å². The third kappa shape index (κ3) is 3.91. The predicted molar refractivity (Wildman–Crippen MR) is 120 cm³/mol. The zero-order chi connectivity index (χ0) is 23.8. The first-order valence-corrected chi connectivity index (χ1v) is 11.3. The second-order valence-corrected chi connectivity index (χ2v) is 8.72. The summed E-state index contributed by atoms with van der Waals surface area (Å²) in [6.45, 7) is 2.91. The molecule has 1 amide bonds. The van der Waals surface area contributed by atoms with Crippen molar-refractivity contribution in [1.29, 1.82) is 0 Å². The van der Waals surface area contributed by atoms with Gasteiger partial charge in [-0.25, -0.2) is 4.57 Å². The van der Waals surface area contributed by atoms with E-state index in [1.54, 1.807) is 36.5 Å². The lowest BCUT2D eigenvalue weighted by Crippen LogP contribution is -2.36. The van der Waals surface area contributed by atoms with Crippen molar-refractivity contribution in [2.45, 2.75) is 38.5 Å². The van der Waals surface area contributed by atoms with Gasteiger partial charge in [-0.1, -0.05) is 24.0 Å². The number of nitrogens with zero attached hydrogens (tertiary/aromatic N) is 2. The summed E-state index contributed by atoms with van der Waals surface area (Å²) in [5, 5.41) is 23.3. The number of rotatable bonds is 6. The summed E-state index contributed by atoms with van der Waals surface area (Å²) < 4.78 is 7.67. The van der Waals surface area contributed by atoms with Crippen LogP contribution >= 0.6 is 0 Å². The molecule has 3 heterocycles. The molecule has 174 valence electrons. The molecule has 2 aromatic carbocycles. The van der Waals surface area contributed by atoms with Crippen LogP contribution in [0.25, 0.3) is 5.76 Å². The Balaban J connectivity index is 1.52. The number of amides is 1. The molecule has 2 N–H and O–H groups in total. The molecular formula is C26H25N3O5. The normalized spacial score (nSPS) is 21.0. The monoisotopic (exact) mass is 459 g/mol. The van der Waals surface area contributed by atoms with E-state index in [9.17, 15) is 19.8 Å². The first-order valence-electron chi connectivity index (χ1n) is 11.3. The molecule has 8 nitrogen and oxygen atoms in total. The van der Waals surface area contributed by atoms with Crippen LogP contribution in [-0.4, -0.2) is 39.3 Å². The quantitative estimate of drug-likeness (QED) is 0.252. The summed E-state index contributed by atoms with van der Waals surface area (Å²) in [7, 11) is 0. The smallest absolute Gasteiger partial charge is 0.295 e. The Kier molecular flexibility index (Phi) is 5.57. The average molecular weight is 460 g/mol. The zero-order valence-corrected chi connectivity index (χ0v) is 18.7. The molecule has 2 aliphatic rings. The van der Waals surface area contributed by atoms with Crippen molar-refractivity contribution >= 4 is 17.4 Å². The highest BCUT2D eigenvalue weighted by Crippen LogP contribution is 2.40. The molecule has 1 fully saturated rings. The van der Waals surface area contributed by atoms with Crippen molar-refractivity contribution in [3.05, 3.63) is 83.4 Å². The minimum Gasteiger partial charge on any atom is -0.872 e. The molecule has 1 aromatic heterocycles. The number of likely N-dealkylation sites (tertiary alicyclic amines) is 1. The topological polar surface area (TPSA) is 110 Å². The van der Waals surface area contributed by atoms with Crippen molar-refractivity contribution in [3.8, 4) is 11.5 Å². The molecule has 0 radical (unpaired) electrons. The molecule has 0 bridgehead atoms. The number of aryl methyl sites for hydroxylation is 1. The number of fused-ring (bicyclic) bond motifs is 1. The van der Waals surface area contributed by atoms with Gasteiger partial charge in [0.1, 0.15) is 30.0 Å². The SMILES string of the molecule is CC1Cc2cc(/C([O-])=C3\C(=O)C(=O)N(CCC[n+]4cc[nH]c4)C3c3ccc(O)cc3)ccc2O1. The minimum atomic E-state index is -0.812. The number of phenols is 1. The molecule has 2 atom stereocenters. The van der Waals surface area contributed by atoms with Gasteiger partial charge in [0.15, 0.2) is 0 Å². The second kappa shape index (κ2) is 8.70. The number of aromatic hydroxyl groups is 1. The summed E-state index contributed by atoms with van der Waals surface area (Å²) in [6, 6.07) is 10.6. The van der Waals surface area contributed by atoms with Crippen LogP contribution in [0.4, 0.5) is 0 Å². The maximum atomic E-state index is 13.6. The van der Waals surface area contributed by atoms with Gasteiger partial charge in [0.2, 0.25) is 12.1 Å². The largest absolute Gasteiger partial charge is 0.872 e. The van der Waals surface area contributed by atoms with Gasteiger partial charge in [0.05, 0.1) is 12.6 Å². The Bertz CT molecular complexity index is 1260. The van der Waals surface area contributed by atoms with Crippen LogP contribution in [-0.2, 0) is 22.6 Å². The number of Topliss-reactive ketones (excluding diaryl/α,β-unsaturated/α-hetero) is 1. The minimum absolute atomic E-state index is 0.0285. The van der Waals surface area contributed by atoms with Crippen molar-refractivity contribution in [2.24, 2.45) is 0 Å². The molecule has 2 unspecified atom stereocenters. The van der Waals surface area contributed by atoms with Gasteiger partial charge in [-0.3, -0.25) is 14.6 Å².